The van der Waals surface area contributed by atoms with Gasteiger partial charge in [0, 0.05) is 36.2 Å². The van der Waals surface area contributed by atoms with Crippen molar-refractivity contribution in [2.75, 3.05) is 13.6 Å². The third kappa shape index (κ3) is 2.28. The minimum absolute atomic E-state index is 0.0369. The first kappa shape index (κ1) is 15.5. The third-order valence-electron chi connectivity index (χ3n) is 5.64. The molecule has 0 fully saturated rings. The molecule has 2 aliphatic heterocycles. The Morgan fingerprint density at radius 3 is 2.76 bits per heavy atom. The van der Waals surface area contributed by atoms with Gasteiger partial charge < -0.3 is 14.0 Å². The summed E-state index contributed by atoms with van der Waals surface area (Å²) in [5, 5.41) is 1.35. The van der Waals surface area contributed by atoms with E-state index in [2.05, 4.69) is 47.7 Å². The van der Waals surface area contributed by atoms with Crippen molar-refractivity contribution < 1.29 is 4.55 Å². The molecule has 0 radical (unpaired) electrons. The lowest BCUT2D eigenvalue weighted by Crippen LogP contribution is -2.29. The zero-order valence-corrected chi connectivity index (χ0v) is 15.5. The molecule has 3 aromatic rings. The van der Waals surface area contributed by atoms with Crippen LogP contribution in [-0.2, 0) is 30.7 Å². The number of fused-ring (bicyclic) bond motifs is 3. The predicted octanol–water partition coefficient (Wildman–Crippen LogP) is 3.80. The largest absolute Gasteiger partial charge is 0.611 e. The molecule has 2 unspecified atom stereocenters. The molecule has 0 spiro atoms. The van der Waals surface area contributed by atoms with Gasteiger partial charge in [0.25, 0.3) is 0 Å². The van der Waals surface area contributed by atoms with E-state index in [4.69, 9.17) is 0 Å². The molecule has 0 saturated heterocycles. The van der Waals surface area contributed by atoms with Gasteiger partial charge in [-0.25, -0.2) is 0 Å². The van der Waals surface area contributed by atoms with Crippen LogP contribution in [0.3, 0.4) is 0 Å². The van der Waals surface area contributed by atoms with Gasteiger partial charge in [0.05, 0.1) is 6.54 Å². The van der Waals surface area contributed by atoms with Crippen LogP contribution in [0.25, 0.3) is 10.9 Å². The highest BCUT2D eigenvalue weighted by Gasteiger charge is 2.38. The second kappa shape index (κ2) is 5.63. The van der Waals surface area contributed by atoms with Crippen LogP contribution in [0.1, 0.15) is 27.6 Å². The average molecular weight is 350 g/mol. The highest BCUT2D eigenvalue weighted by atomic mass is 32.2. The fourth-order valence-electron chi connectivity index (χ4n) is 4.45. The standard InChI is InChI=1S/C21H22N2OS/c1-14-10-16-17-12-22(2)9-8-18(17)23-13-20(15-6-4-3-5-7-15)25(24)19(11-14)21(16)23/h3-7,10-11,20H,8-9,12-13H2,1-2H3. The Morgan fingerprint density at radius 2 is 1.96 bits per heavy atom. The van der Waals surface area contributed by atoms with Gasteiger partial charge in [-0.2, -0.15) is 0 Å². The molecule has 0 bridgehead atoms. The van der Waals surface area contributed by atoms with E-state index in [0.29, 0.717) is 0 Å². The van der Waals surface area contributed by atoms with Crippen LogP contribution >= 0.6 is 0 Å². The van der Waals surface area contributed by atoms with Crippen LogP contribution in [0.2, 0.25) is 0 Å². The SMILES string of the molecule is Cc1cc2c3c(c1)c1c(n3CC(c3ccccc3)[S+]2[O-])CCN(C)C1. The Hall–Kier alpha value is -1.75. The lowest BCUT2D eigenvalue weighted by molar-refractivity contribution is 0.309. The minimum atomic E-state index is -1.01. The topological polar surface area (TPSA) is 31.2 Å². The van der Waals surface area contributed by atoms with Crippen molar-refractivity contribution in [1.29, 1.82) is 0 Å². The van der Waals surface area contributed by atoms with Crippen LogP contribution < -0.4 is 0 Å². The van der Waals surface area contributed by atoms with Crippen molar-refractivity contribution in [1.82, 2.24) is 9.47 Å². The molecule has 128 valence electrons. The van der Waals surface area contributed by atoms with E-state index >= 15 is 0 Å². The van der Waals surface area contributed by atoms with Gasteiger partial charge in [0.2, 0.25) is 0 Å². The number of nitrogens with zero attached hydrogens (tertiary/aromatic N) is 2. The summed E-state index contributed by atoms with van der Waals surface area (Å²) in [5.74, 6) is 0. The van der Waals surface area contributed by atoms with Crippen LogP contribution in [0, 0.1) is 6.92 Å². The molecule has 5 rings (SSSR count). The number of likely N-dealkylation sites (N-methyl/N-ethyl adjacent to an activating group) is 1. The Bertz CT molecular complexity index is 963. The first-order valence-electron chi connectivity index (χ1n) is 8.92. The van der Waals surface area contributed by atoms with Crippen molar-refractivity contribution in [3.63, 3.8) is 0 Å². The summed E-state index contributed by atoms with van der Waals surface area (Å²) >= 11 is -1.01. The Kier molecular flexibility index (Phi) is 3.49. The maximum Gasteiger partial charge on any atom is 0.177 e. The van der Waals surface area contributed by atoms with E-state index in [1.165, 1.54) is 33.3 Å². The molecule has 3 nitrogen and oxygen atoms in total. The molecule has 0 aliphatic carbocycles. The maximum absolute atomic E-state index is 13.4. The molecule has 2 atom stereocenters. The third-order valence-corrected chi connectivity index (χ3v) is 7.32. The van der Waals surface area contributed by atoms with Gasteiger partial charge >= 0.3 is 0 Å². The van der Waals surface area contributed by atoms with Gasteiger partial charge in [0.15, 0.2) is 10.1 Å². The van der Waals surface area contributed by atoms with Crippen molar-refractivity contribution in [3.8, 4) is 0 Å². The van der Waals surface area contributed by atoms with Crippen molar-refractivity contribution >= 4 is 22.1 Å². The lowest BCUT2D eigenvalue weighted by atomic mass is 10.0. The molecule has 0 amide bonds. The summed E-state index contributed by atoms with van der Waals surface area (Å²) in [4.78, 5) is 3.41. The molecular formula is C21H22N2OS. The number of rotatable bonds is 1. The van der Waals surface area contributed by atoms with Crippen molar-refractivity contribution in [2.24, 2.45) is 0 Å². The summed E-state index contributed by atoms with van der Waals surface area (Å²) < 4.78 is 15.9. The molecular weight excluding hydrogens is 328 g/mol. The number of hydrogen-bond donors (Lipinski definition) is 0. The van der Waals surface area contributed by atoms with E-state index in [9.17, 15) is 4.55 Å². The summed E-state index contributed by atoms with van der Waals surface area (Å²) in [7, 11) is 2.19. The van der Waals surface area contributed by atoms with Crippen LogP contribution in [0.4, 0.5) is 0 Å². The number of aryl methyl sites for hydroxylation is 1. The van der Waals surface area contributed by atoms with Crippen LogP contribution in [-0.4, -0.2) is 27.6 Å². The Morgan fingerprint density at radius 1 is 1.16 bits per heavy atom. The number of aromatic nitrogens is 1. The summed E-state index contributed by atoms with van der Waals surface area (Å²) in [5.41, 5.74) is 6.50. The Balaban J connectivity index is 1.76. The predicted molar refractivity (Wildman–Crippen MR) is 102 cm³/mol. The molecule has 3 heterocycles. The Labute approximate surface area is 151 Å². The number of benzene rings is 2. The second-order valence-electron chi connectivity index (χ2n) is 7.38. The number of hydrogen-bond acceptors (Lipinski definition) is 2. The average Bonchev–Trinajstić information content (AvgIpc) is 2.92. The van der Waals surface area contributed by atoms with E-state index in [1.807, 2.05) is 18.2 Å². The molecule has 0 saturated carbocycles. The quantitative estimate of drug-likeness (QED) is 0.625. The van der Waals surface area contributed by atoms with Gasteiger partial charge in [0.1, 0.15) is 5.52 Å². The molecule has 1 aromatic heterocycles. The monoisotopic (exact) mass is 350 g/mol. The van der Waals surface area contributed by atoms with Gasteiger partial charge in [-0.3, -0.25) is 0 Å². The van der Waals surface area contributed by atoms with Crippen LogP contribution in [0.15, 0.2) is 47.4 Å². The molecule has 2 aliphatic rings. The van der Waals surface area contributed by atoms with Gasteiger partial charge in [-0.1, -0.05) is 30.3 Å². The first-order valence-corrected chi connectivity index (χ1v) is 10.1. The van der Waals surface area contributed by atoms with Gasteiger partial charge in [-0.15, -0.1) is 0 Å². The normalized spacial score (nSPS) is 23.0. The van der Waals surface area contributed by atoms with E-state index in [1.54, 1.807) is 0 Å². The highest BCUT2D eigenvalue weighted by Crippen LogP contribution is 2.44. The molecule has 4 heteroatoms. The van der Waals surface area contributed by atoms with Crippen molar-refractivity contribution in [3.05, 3.63) is 64.8 Å². The van der Waals surface area contributed by atoms with E-state index in [0.717, 1.165) is 31.0 Å². The fourth-order valence-corrected chi connectivity index (χ4v) is 6.16. The lowest BCUT2D eigenvalue weighted by Gasteiger charge is -2.30. The fraction of sp³-hybridized carbons (Fsp3) is 0.333. The highest BCUT2D eigenvalue weighted by molar-refractivity contribution is 7.92. The molecule has 25 heavy (non-hydrogen) atoms. The summed E-state index contributed by atoms with van der Waals surface area (Å²) in [6.07, 6.45) is 1.08. The van der Waals surface area contributed by atoms with E-state index in [-0.39, 0.29) is 5.25 Å². The minimum Gasteiger partial charge on any atom is -0.611 e. The second-order valence-corrected chi connectivity index (χ2v) is 8.98. The molecule has 0 N–H and O–H groups in total. The van der Waals surface area contributed by atoms with Crippen LogP contribution in [0.5, 0.6) is 0 Å². The molecule has 2 aromatic carbocycles. The van der Waals surface area contributed by atoms with Gasteiger partial charge in [-0.05, 0) is 48.4 Å². The zero-order chi connectivity index (χ0) is 17.1. The van der Waals surface area contributed by atoms with E-state index < -0.39 is 11.2 Å². The van der Waals surface area contributed by atoms with Crippen molar-refractivity contribution in [2.45, 2.75) is 36.6 Å². The maximum atomic E-state index is 13.4. The smallest absolute Gasteiger partial charge is 0.177 e. The summed E-state index contributed by atoms with van der Waals surface area (Å²) in [6.45, 7) is 5.03. The summed E-state index contributed by atoms with van der Waals surface area (Å²) in [6, 6.07) is 14.8. The first-order chi connectivity index (χ1) is 12.1. The zero-order valence-electron chi connectivity index (χ0n) is 14.7.